The zero-order valence-corrected chi connectivity index (χ0v) is 15.4. The molecule has 8 atom stereocenters. The van der Waals surface area contributed by atoms with E-state index in [-0.39, 0.29) is 16.3 Å². The Morgan fingerprint density at radius 1 is 1.05 bits per heavy atom. The van der Waals surface area contributed by atoms with Crippen LogP contribution in [0.2, 0.25) is 0 Å². The van der Waals surface area contributed by atoms with Gasteiger partial charge in [-0.2, -0.15) is 0 Å². The van der Waals surface area contributed by atoms with Crippen molar-refractivity contribution in [3.8, 4) is 0 Å². The Morgan fingerprint density at radius 3 is 2.59 bits per heavy atom. The number of Topliss-reactive ketones (excluding diaryl/α,β-unsaturated/α-hetero) is 1. The Hall–Kier alpha value is 0.110. The second kappa shape index (κ2) is 5.05. The van der Waals surface area contributed by atoms with Gasteiger partial charge in [-0.15, -0.1) is 0 Å². The van der Waals surface area contributed by atoms with Crippen LogP contribution in [-0.4, -0.2) is 21.8 Å². The number of hydrogen-bond donors (Lipinski definition) is 1. The summed E-state index contributed by atoms with van der Waals surface area (Å²) >= 11 is 3.65. The third kappa shape index (κ3) is 1.97. The molecule has 2 nitrogen and oxygen atoms in total. The first-order valence-corrected chi connectivity index (χ1v) is 10.1. The van der Waals surface area contributed by atoms with E-state index in [1.165, 1.54) is 25.7 Å². The topological polar surface area (TPSA) is 37.3 Å². The third-order valence-corrected chi connectivity index (χ3v) is 9.13. The van der Waals surface area contributed by atoms with Crippen LogP contribution in [0.3, 0.4) is 0 Å². The van der Waals surface area contributed by atoms with E-state index in [4.69, 9.17) is 0 Å². The molecule has 0 saturated heterocycles. The summed E-state index contributed by atoms with van der Waals surface area (Å²) in [5, 5.41) is 10.1. The molecule has 0 heterocycles. The molecule has 4 rings (SSSR count). The van der Waals surface area contributed by atoms with E-state index in [0.29, 0.717) is 23.0 Å². The number of carbonyl (C=O) groups is 1. The van der Waals surface area contributed by atoms with Crippen molar-refractivity contribution in [3.05, 3.63) is 0 Å². The lowest BCUT2D eigenvalue weighted by Crippen LogP contribution is -2.54. The van der Waals surface area contributed by atoms with E-state index in [2.05, 4.69) is 29.8 Å². The molecular weight excluding hydrogens is 340 g/mol. The predicted octanol–water partition coefficient (Wildman–Crippen LogP) is 4.33. The largest absolute Gasteiger partial charge is 0.393 e. The van der Waals surface area contributed by atoms with Gasteiger partial charge in [0.1, 0.15) is 0 Å². The van der Waals surface area contributed by atoms with Crippen LogP contribution in [0.25, 0.3) is 0 Å². The summed E-state index contributed by atoms with van der Waals surface area (Å²) in [6, 6.07) is 0. The van der Waals surface area contributed by atoms with Crippen LogP contribution in [0.1, 0.15) is 65.2 Å². The minimum Gasteiger partial charge on any atom is -0.393 e. The number of alkyl halides is 1. The predicted molar refractivity (Wildman–Crippen MR) is 90.8 cm³/mol. The Kier molecular flexibility index (Phi) is 3.59. The van der Waals surface area contributed by atoms with Crippen LogP contribution < -0.4 is 0 Å². The van der Waals surface area contributed by atoms with Crippen LogP contribution >= 0.6 is 15.9 Å². The van der Waals surface area contributed by atoms with Gasteiger partial charge >= 0.3 is 0 Å². The summed E-state index contributed by atoms with van der Waals surface area (Å²) in [5.74, 6) is 3.29. The molecule has 4 aliphatic rings. The van der Waals surface area contributed by atoms with Crippen molar-refractivity contribution in [3.63, 3.8) is 0 Å². The lowest BCUT2D eigenvalue weighted by Gasteiger charge is -2.60. The van der Waals surface area contributed by atoms with Crippen molar-refractivity contribution < 1.29 is 9.90 Å². The standard InChI is InChI=1S/C19H29BrO2/c1-18-7-5-12(21)9-11(18)3-4-13-14(18)6-8-19(2)15(13)10-16(20)17(19)22/h11-16,21H,3-10H2,1-2H3/t11-,12-,13+,14-,15-,16?,18-,19-/m0/s1. The van der Waals surface area contributed by atoms with Crippen LogP contribution in [0.5, 0.6) is 0 Å². The van der Waals surface area contributed by atoms with Gasteiger partial charge in [-0.25, -0.2) is 0 Å². The lowest BCUT2D eigenvalue weighted by molar-refractivity contribution is -0.142. The smallest absolute Gasteiger partial charge is 0.152 e. The highest BCUT2D eigenvalue weighted by Gasteiger charge is 2.61. The van der Waals surface area contributed by atoms with Crippen molar-refractivity contribution >= 4 is 21.7 Å². The summed E-state index contributed by atoms with van der Waals surface area (Å²) in [5.41, 5.74) is 0.351. The maximum atomic E-state index is 12.7. The number of carbonyl (C=O) groups excluding carboxylic acids is 1. The molecule has 0 spiro atoms. The monoisotopic (exact) mass is 368 g/mol. The van der Waals surface area contributed by atoms with Crippen molar-refractivity contribution in [2.75, 3.05) is 0 Å². The molecule has 1 unspecified atom stereocenters. The van der Waals surface area contributed by atoms with Crippen LogP contribution in [0.4, 0.5) is 0 Å². The second-order valence-electron chi connectivity index (χ2n) is 9.11. The van der Waals surface area contributed by atoms with Gasteiger partial charge < -0.3 is 5.11 Å². The summed E-state index contributed by atoms with van der Waals surface area (Å²) in [4.78, 5) is 12.8. The summed E-state index contributed by atoms with van der Waals surface area (Å²) < 4.78 is 0. The number of rotatable bonds is 0. The molecule has 0 amide bonds. The van der Waals surface area contributed by atoms with Crippen LogP contribution in [-0.2, 0) is 4.79 Å². The van der Waals surface area contributed by atoms with Crippen molar-refractivity contribution in [1.82, 2.24) is 0 Å². The van der Waals surface area contributed by atoms with Gasteiger partial charge in [0.15, 0.2) is 5.78 Å². The Labute approximate surface area is 142 Å². The second-order valence-corrected chi connectivity index (χ2v) is 10.2. The van der Waals surface area contributed by atoms with E-state index in [9.17, 15) is 9.90 Å². The van der Waals surface area contributed by atoms with Gasteiger partial charge in [0, 0.05) is 5.41 Å². The first-order valence-electron chi connectivity index (χ1n) is 9.23. The van der Waals surface area contributed by atoms with E-state index in [1.807, 2.05) is 0 Å². The first-order chi connectivity index (χ1) is 10.4. The molecule has 0 radical (unpaired) electrons. The third-order valence-electron chi connectivity index (χ3n) is 8.34. The maximum absolute atomic E-state index is 12.7. The van der Waals surface area contributed by atoms with Crippen LogP contribution in [0, 0.1) is 34.5 Å². The first kappa shape index (κ1) is 15.6. The number of aliphatic hydroxyl groups excluding tert-OH is 1. The Bertz CT molecular complexity index is 492. The van der Waals surface area contributed by atoms with Crippen molar-refractivity contribution in [2.24, 2.45) is 34.5 Å². The fraction of sp³-hybridized carbons (Fsp3) is 0.947. The molecule has 0 aliphatic heterocycles. The summed E-state index contributed by atoms with van der Waals surface area (Å²) in [6.07, 6.45) is 9.04. The number of ketones is 1. The number of aliphatic hydroxyl groups is 1. The average molecular weight is 369 g/mol. The zero-order chi connectivity index (χ0) is 15.7. The molecule has 22 heavy (non-hydrogen) atoms. The highest BCUT2D eigenvalue weighted by Crippen LogP contribution is 2.65. The van der Waals surface area contributed by atoms with Gasteiger partial charge in [0.2, 0.25) is 0 Å². The van der Waals surface area contributed by atoms with Gasteiger partial charge in [-0.3, -0.25) is 4.79 Å². The molecule has 4 fully saturated rings. The van der Waals surface area contributed by atoms with Crippen molar-refractivity contribution in [2.45, 2.75) is 76.1 Å². The highest BCUT2D eigenvalue weighted by molar-refractivity contribution is 9.10. The summed E-state index contributed by atoms with van der Waals surface area (Å²) in [6.45, 7) is 4.75. The summed E-state index contributed by atoms with van der Waals surface area (Å²) in [7, 11) is 0. The van der Waals surface area contributed by atoms with Gasteiger partial charge in [0.25, 0.3) is 0 Å². The lowest BCUT2D eigenvalue weighted by atomic mass is 9.45. The minimum absolute atomic E-state index is 0.0628. The molecular formula is C19H29BrO2. The Balaban J connectivity index is 1.64. The van der Waals surface area contributed by atoms with Gasteiger partial charge in [0.05, 0.1) is 10.9 Å². The quantitative estimate of drug-likeness (QED) is 0.646. The molecule has 0 bridgehead atoms. The van der Waals surface area contributed by atoms with E-state index < -0.39 is 0 Å². The molecule has 0 aromatic rings. The number of fused-ring (bicyclic) bond motifs is 5. The maximum Gasteiger partial charge on any atom is 0.152 e. The fourth-order valence-electron chi connectivity index (χ4n) is 6.98. The number of hydrogen-bond acceptors (Lipinski definition) is 2. The molecule has 124 valence electrons. The average Bonchev–Trinajstić information content (AvgIpc) is 2.72. The van der Waals surface area contributed by atoms with E-state index in [0.717, 1.165) is 37.5 Å². The van der Waals surface area contributed by atoms with E-state index in [1.54, 1.807) is 0 Å². The molecule has 1 N–H and O–H groups in total. The molecule has 0 aromatic heterocycles. The minimum atomic E-state index is -0.0662. The normalized spacial score (nSPS) is 57.9. The van der Waals surface area contributed by atoms with Crippen molar-refractivity contribution in [1.29, 1.82) is 0 Å². The SMILES string of the molecule is C[C@]12CC[C@H](O)C[C@@H]1CC[C@@H]1[C@@H]2CC[C@]2(C)C(=O)C(Br)C[C@@H]12. The fourth-order valence-corrected chi connectivity index (χ4v) is 7.91. The zero-order valence-electron chi connectivity index (χ0n) is 13.9. The number of halogens is 1. The van der Waals surface area contributed by atoms with Gasteiger partial charge in [-0.1, -0.05) is 29.8 Å². The Morgan fingerprint density at radius 2 is 1.82 bits per heavy atom. The molecule has 0 aromatic carbocycles. The van der Waals surface area contributed by atoms with E-state index >= 15 is 0 Å². The molecule has 4 aliphatic carbocycles. The highest BCUT2D eigenvalue weighted by atomic mass is 79.9. The molecule has 4 saturated carbocycles. The molecule has 3 heteroatoms. The van der Waals surface area contributed by atoms with Gasteiger partial charge in [-0.05, 0) is 80.5 Å². The van der Waals surface area contributed by atoms with Crippen LogP contribution in [0.15, 0.2) is 0 Å².